The molecule has 0 heterocycles. The molecular formula is C14H26N2O3. The molecule has 5 nitrogen and oxygen atoms in total. The molecule has 5 heteroatoms. The van der Waals surface area contributed by atoms with E-state index in [1.165, 1.54) is 32.1 Å². The first-order valence-corrected chi connectivity index (χ1v) is 7.25. The molecule has 1 fully saturated rings. The molecular weight excluding hydrogens is 244 g/mol. The lowest BCUT2D eigenvalue weighted by Gasteiger charge is -2.22. The van der Waals surface area contributed by atoms with E-state index in [0.29, 0.717) is 25.4 Å². The summed E-state index contributed by atoms with van der Waals surface area (Å²) < 4.78 is 0. The average molecular weight is 270 g/mol. The Hall–Kier alpha value is -1.10. The smallest absolute Gasteiger partial charge is 0.304 e. The molecule has 1 rings (SSSR count). The number of carboxylic acid groups (broad SMARTS) is 1. The third kappa shape index (κ3) is 7.82. The van der Waals surface area contributed by atoms with Crippen molar-refractivity contribution in [2.45, 2.75) is 44.9 Å². The second-order valence-corrected chi connectivity index (χ2v) is 5.51. The topological polar surface area (TPSA) is 69.6 Å². The third-order valence-electron chi connectivity index (χ3n) is 3.74. The summed E-state index contributed by atoms with van der Waals surface area (Å²) in [4.78, 5) is 24.0. The molecule has 2 N–H and O–H groups in total. The monoisotopic (exact) mass is 270 g/mol. The van der Waals surface area contributed by atoms with Crippen molar-refractivity contribution in [1.29, 1.82) is 0 Å². The first-order valence-electron chi connectivity index (χ1n) is 7.25. The van der Waals surface area contributed by atoms with Crippen LogP contribution in [0.15, 0.2) is 0 Å². The molecule has 1 amide bonds. The average Bonchev–Trinajstić information content (AvgIpc) is 2.41. The number of hydrogen-bond donors (Lipinski definition) is 2. The molecule has 0 unspecified atom stereocenters. The maximum Gasteiger partial charge on any atom is 0.304 e. The van der Waals surface area contributed by atoms with Gasteiger partial charge in [0.2, 0.25) is 5.91 Å². The summed E-state index contributed by atoms with van der Waals surface area (Å²) in [5.41, 5.74) is 0. The standard InChI is InChI=1S/C14H26N2O3/c1-16(10-8-14(18)19)9-7-13(17)15-11-12-5-3-2-4-6-12/h12H,2-11H2,1H3,(H,15,17)(H,18,19). The molecule has 19 heavy (non-hydrogen) atoms. The number of hydrogen-bond acceptors (Lipinski definition) is 3. The normalized spacial score (nSPS) is 16.5. The van der Waals surface area contributed by atoms with Crippen LogP contribution >= 0.6 is 0 Å². The zero-order valence-corrected chi connectivity index (χ0v) is 11.9. The molecule has 1 saturated carbocycles. The van der Waals surface area contributed by atoms with Crippen LogP contribution in [0.2, 0.25) is 0 Å². The van der Waals surface area contributed by atoms with Gasteiger partial charge in [-0.25, -0.2) is 0 Å². The molecule has 0 aromatic rings. The van der Waals surface area contributed by atoms with E-state index in [1.54, 1.807) is 0 Å². The lowest BCUT2D eigenvalue weighted by atomic mass is 9.89. The van der Waals surface area contributed by atoms with Gasteiger partial charge < -0.3 is 15.3 Å². The van der Waals surface area contributed by atoms with Crippen molar-refractivity contribution in [2.24, 2.45) is 5.92 Å². The Morgan fingerprint density at radius 1 is 1.16 bits per heavy atom. The van der Waals surface area contributed by atoms with Crippen molar-refractivity contribution in [1.82, 2.24) is 10.2 Å². The minimum Gasteiger partial charge on any atom is -0.481 e. The fraction of sp³-hybridized carbons (Fsp3) is 0.857. The van der Waals surface area contributed by atoms with E-state index < -0.39 is 5.97 Å². The summed E-state index contributed by atoms with van der Waals surface area (Å²) in [6.45, 7) is 1.91. The van der Waals surface area contributed by atoms with Crippen molar-refractivity contribution in [3.8, 4) is 0 Å². The van der Waals surface area contributed by atoms with E-state index in [1.807, 2.05) is 11.9 Å². The van der Waals surface area contributed by atoms with Crippen LogP contribution < -0.4 is 5.32 Å². The van der Waals surface area contributed by atoms with Gasteiger partial charge in [-0.3, -0.25) is 9.59 Å². The van der Waals surface area contributed by atoms with Gasteiger partial charge in [-0.15, -0.1) is 0 Å². The van der Waals surface area contributed by atoms with Gasteiger partial charge in [-0.2, -0.15) is 0 Å². The Morgan fingerprint density at radius 2 is 1.79 bits per heavy atom. The predicted molar refractivity (Wildman–Crippen MR) is 74.0 cm³/mol. The Labute approximate surface area is 115 Å². The van der Waals surface area contributed by atoms with Crippen molar-refractivity contribution in [2.75, 3.05) is 26.7 Å². The van der Waals surface area contributed by atoms with E-state index in [2.05, 4.69) is 5.32 Å². The number of carbonyl (C=O) groups excluding carboxylic acids is 1. The molecule has 110 valence electrons. The van der Waals surface area contributed by atoms with Crippen LogP contribution in [-0.4, -0.2) is 48.6 Å². The van der Waals surface area contributed by atoms with E-state index in [0.717, 1.165) is 6.54 Å². The van der Waals surface area contributed by atoms with Crippen LogP contribution in [0.3, 0.4) is 0 Å². The lowest BCUT2D eigenvalue weighted by Crippen LogP contribution is -2.33. The molecule has 0 saturated heterocycles. The molecule has 1 aliphatic rings. The molecule has 0 aliphatic heterocycles. The number of nitrogens with zero attached hydrogens (tertiary/aromatic N) is 1. The second kappa shape index (κ2) is 8.91. The molecule has 0 bridgehead atoms. The molecule has 0 spiro atoms. The first-order chi connectivity index (χ1) is 9.08. The van der Waals surface area contributed by atoms with Crippen LogP contribution in [0.1, 0.15) is 44.9 Å². The number of carbonyl (C=O) groups is 2. The zero-order valence-electron chi connectivity index (χ0n) is 11.9. The SMILES string of the molecule is CN(CCC(=O)O)CCC(=O)NCC1CCCCC1. The maximum atomic E-state index is 11.7. The summed E-state index contributed by atoms with van der Waals surface area (Å²) in [5.74, 6) is -0.0659. The van der Waals surface area contributed by atoms with Gasteiger partial charge in [0.05, 0.1) is 6.42 Å². The molecule has 0 radical (unpaired) electrons. The lowest BCUT2D eigenvalue weighted by molar-refractivity contribution is -0.137. The number of nitrogens with one attached hydrogen (secondary N) is 1. The largest absolute Gasteiger partial charge is 0.481 e. The first kappa shape index (κ1) is 16.0. The summed E-state index contributed by atoms with van der Waals surface area (Å²) in [7, 11) is 1.84. The van der Waals surface area contributed by atoms with E-state index in [-0.39, 0.29) is 12.3 Å². The van der Waals surface area contributed by atoms with Gasteiger partial charge in [-0.05, 0) is 25.8 Å². The Balaban J connectivity index is 2.05. The number of rotatable bonds is 8. The predicted octanol–water partition coefficient (Wildman–Crippen LogP) is 1.48. The zero-order chi connectivity index (χ0) is 14.1. The van der Waals surface area contributed by atoms with Crippen molar-refractivity contribution in [3.63, 3.8) is 0 Å². The highest BCUT2D eigenvalue weighted by Gasteiger charge is 2.14. The van der Waals surface area contributed by atoms with Crippen LogP contribution in [0, 0.1) is 5.92 Å². The Morgan fingerprint density at radius 3 is 2.42 bits per heavy atom. The highest BCUT2D eigenvalue weighted by Crippen LogP contribution is 2.22. The van der Waals surface area contributed by atoms with E-state index in [4.69, 9.17) is 5.11 Å². The van der Waals surface area contributed by atoms with Gasteiger partial charge in [0.1, 0.15) is 0 Å². The maximum absolute atomic E-state index is 11.7. The highest BCUT2D eigenvalue weighted by molar-refractivity contribution is 5.76. The minimum atomic E-state index is -0.798. The van der Waals surface area contributed by atoms with E-state index in [9.17, 15) is 9.59 Å². The molecule has 0 aromatic heterocycles. The molecule has 0 atom stereocenters. The van der Waals surface area contributed by atoms with Gasteiger partial charge in [0.25, 0.3) is 0 Å². The number of aliphatic carboxylic acids is 1. The van der Waals surface area contributed by atoms with Gasteiger partial charge in [-0.1, -0.05) is 19.3 Å². The third-order valence-corrected chi connectivity index (χ3v) is 3.74. The van der Waals surface area contributed by atoms with E-state index >= 15 is 0 Å². The second-order valence-electron chi connectivity index (χ2n) is 5.51. The van der Waals surface area contributed by atoms with Gasteiger partial charge >= 0.3 is 5.97 Å². The molecule has 1 aliphatic carbocycles. The van der Waals surface area contributed by atoms with Crippen molar-refractivity contribution in [3.05, 3.63) is 0 Å². The van der Waals surface area contributed by atoms with Gasteiger partial charge in [0.15, 0.2) is 0 Å². The van der Waals surface area contributed by atoms with Crippen LogP contribution in [0.5, 0.6) is 0 Å². The highest BCUT2D eigenvalue weighted by atomic mass is 16.4. The van der Waals surface area contributed by atoms with Gasteiger partial charge in [0, 0.05) is 26.1 Å². The van der Waals surface area contributed by atoms with Crippen molar-refractivity contribution < 1.29 is 14.7 Å². The van der Waals surface area contributed by atoms with Crippen molar-refractivity contribution >= 4 is 11.9 Å². The Bertz CT molecular complexity index is 288. The number of carboxylic acids is 1. The van der Waals surface area contributed by atoms with Crippen LogP contribution in [0.4, 0.5) is 0 Å². The number of amides is 1. The molecule has 0 aromatic carbocycles. The fourth-order valence-corrected chi connectivity index (χ4v) is 2.43. The Kier molecular flexibility index (Phi) is 7.48. The van der Waals surface area contributed by atoms with Crippen LogP contribution in [0.25, 0.3) is 0 Å². The summed E-state index contributed by atoms with van der Waals surface area (Å²) >= 11 is 0. The van der Waals surface area contributed by atoms with Crippen LogP contribution in [-0.2, 0) is 9.59 Å². The fourth-order valence-electron chi connectivity index (χ4n) is 2.43. The summed E-state index contributed by atoms with van der Waals surface area (Å²) in [6, 6.07) is 0. The minimum absolute atomic E-state index is 0.0766. The summed E-state index contributed by atoms with van der Waals surface area (Å²) in [6.07, 6.45) is 6.95. The quantitative estimate of drug-likeness (QED) is 0.701. The summed E-state index contributed by atoms with van der Waals surface area (Å²) in [5, 5.41) is 11.6.